The first kappa shape index (κ1) is 46.5. The molecule has 5 rings (SSSR count). The molecule has 284 valence electrons. The monoisotopic (exact) mass is 808 g/mol. The van der Waals surface area contributed by atoms with Crippen molar-refractivity contribution < 1.29 is 46.9 Å². The van der Waals surface area contributed by atoms with Crippen molar-refractivity contribution in [1.82, 2.24) is 15.1 Å². The first-order chi connectivity index (χ1) is 22.2. The summed E-state index contributed by atoms with van der Waals surface area (Å²) in [7, 11) is 0. The molecule has 3 aromatic rings. The first-order valence-electron chi connectivity index (χ1n) is 14.9. The maximum absolute atomic E-state index is 14.3. The predicted octanol–water partition coefficient (Wildman–Crippen LogP) is 5.77. The molecule has 0 saturated carbocycles. The lowest BCUT2D eigenvalue weighted by atomic mass is 9.71. The topological polar surface area (TPSA) is 142 Å². The summed E-state index contributed by atoms with van der Waals surface area (Å²) in [4.78, 5) is 32.6. The third kappa shape index (κ3) is 9.74. The molecule has 0 bridgehead atoms. The lowest BCUT2D eigenvalue weighted by molar-refractivity contribution is -0.143. The quantitative estimate of drug-likeness (QED) is 0.219. The Kier molecular flexibility index (Phi) is 16.9. The fourth-order valence-corrected chi connectivity index (χ4v) is 7.07. The average Bonchev–Trinajstić information content (AvgIpc) is 3.04. The fourth-order valence-electron chi connectivity index (χ4n) is 6.77. The highest BCUT2D eigenvalue weighted by Crippen LogP contribution is 2.43. The summed E-state index contributed by atoms with van der Waals surface area (Å²) in [5, 5.41) is 3.15. The Morgan fingerprint density at radius 1 is 0.824 bits per heavy atom. The Balaban J connectivity index is 0.00000325. The van der Waals surface area contributed by atoms with E-state index in [0.29, 0.717) is 44.6 Å². The Bertz CT molecular complexity index is 1600. The second-order valence-corrected chi connectivity index (χ2v) is 12.6. The van der Waals surface area contributed by atoms with E-state index in [1.165, 1.54) is 18.2 Å². The molecule has 0 radical (unpaired) electrons. The highest BCUT2D eigenvalue weighted by molar-refractivity contribution is 6.42. The number of Topliss-reactive ketones (excluding diaryl/α,β-unsaturated/α-hetero) is 2. The van der Waals surface area contributed by atoms with E-state index < -0.39 is 58.7 Å². The number of nitrogens with one attached hydrogen (secondary N) is 1. The van der Waals surface area contributed by atoms with Crippen molar-refractivity contribution >= 4 is 59.6 Å². The minimum Gasteiger partial charge on any atom is -0.412 e. The van der Waals surface area contributed by atoms with Gasteiger partial charge in [-0.3, -0.25) is 19.4 Å². The Labute approximate surface area is 313 Å². The molecule has 3 aromatic carbocycles. The number of carbonyl (C=O) groups is 2. The standard InChI is InChI=1S/C33H32Cl2F6N4O2.2ClH.2H2O/c34-26-7-6-22(17-27(26)35)31(28(46)18-42)30(29(47)21-14-23(32(36,37)38)16-24(15-21)33(39,40)41)43-10-13-45(31)25-8-11-44(12-9-25)19-20-4-2-1-3-5-20;;;;/h1-7,14-17,25,30,43H,8-13,18-19,42H2;2*1H;2*1H2. The summed E-state index contributed by atoms with van der Waals surface area (Å²) in [6.45, 7) is 1.75. The molecule has 2 atom stereocenters. The van der Waals surface area contributed by atoms with Gasteiger partial charge in [0.05, 0.1) is 27.7 Å². The maximum Gasteiger partial charge on any atom is 0.416 e. The lowest BCUT2D eigenvalue weighted by Crippen LogP contribution is -2.74. The van der Waals surface area contributed by atoms with Gasteiger partial charge in [0.2, 0.25) is 0 Å². The molecule has 0 amide bonds. The van der Waals surface area contributed by atoms with Crippen LogP contribution in [-0.4, -0.2) is 77.1 Å². The van der Waals surface area contributed by atoms with E-state index in [4.69, 9.17) is 28.9 Å². The second-order valence-electron chi connectivity index (χ2n) is 11.8. The van der Waals surface area contributed by atoms with Gasteiger partial charge >= 0.3 is 12.4 Å². The van der Waals surface area contributed by atoms with Gasteiger partial charge in [-0.05, 0) is 67.4 Å². The fraction of sp³-hybridized carbons (Fsp3) is 0.394. The number of benzene rings is 3. The number of carbonyl (C=O) groups excluding carboxylic acids is 2. The molecular formula is C33H38Cl4F6N4O4. The summed E-state index contributed by atoms with van der Waals surface area (Å²) >= 11 is 12.6. The van der Waals surface area contributed by atoms with Crippen LogP contribution in [0.25, 0.3) is 0 Å². The third-order valence-corrected chi connectivity index (χ3v) is 9.66. The second kappa shape index (κ2) is 18.5. The van der Waals surface area contributed by atoms with Crippen LogP contribution in [0.2, 0.25) is 10.0 Å². The van der Waals surface area contributed by atoms with Crippen molar-refractivity contribution in [2.45, 2.75) is 49.4 Å². The Morgan fingerprint density at radius 3 is 1.90 bits per heavy atom. The molecule has 2 aliphatic rings. The molecule has 0 aromatic heterocycles. The highest BCUT2D eigenvalue weighted by Gasteiger charge is 2.57. The molecule has 18 heteroatoms. The van der Waals surface area contributed by atoms with Crippen LogP contribution in [-0.2, 0) is 29.2 Å². The van der Waals surface area contributed by atoms with Crippen molar-refractivity contribution in [3.63, 3.8) is 0 Å². The molecule has 0 aliphatic carbocycles. The zero-order valence-corrected chi connectivity index (χ0v) is 29.9. The number of hydrogen-bond acceptors (Lipinski definition) is 6. The van der Waals surface area contributed by atoms with Gasteiger partial charge in [-0.15, -0.1) is 24.8 Å². The lowest BCUT2D eigenvalue weighted by Gasteiger charge is -2.55. The smallest absolute Gasteiger partial charge is 0.412 e. The number of alkyl halides is 6. The molecular weight excluding hydrogens is 772 g/mol. The number of rotatable bonds is 8. The van der Waals surface area contributed by atoms with E-state index >= 15 is 0 Å². The van der Waals surface area contributed by atoms with E-state index in [-0.39, 0.29) is 76.6 Å². The van der Waals surface area contributed by atoms with Crippen molar-refractivity contribution in [3.05, 3.63) is 105 Å². The largest absolute Gasteiger partial charge is 0.416 e. The van der Waals surface area contributed by atoms with Crippen LogP contribution in [0.1, 0.15) is 45.5 Å². The van der Waals surface area contributed by atoms with E-state index in [2.05, 4.69) is 10.2 Å². The molecule has 2 heterocycles. The van der Waals surface area contributed by atoms with Gasteiger partial charge in [-0.2, -0.15) is 26.3 Å². The summed E-state index contributed by atoms with van der Waals surface area (Å²) in [6, 6.07) is 13.0. The molecule has 2 aliphatic heterocycles. The highest BCUT2D eigenvalue weighted by atomic mass is 35.5. The minimum atomic E-state index is -5.18. The van der Waals surface area contributed by atoms with Crippen molar-refractivity contribution in [2.75, 3.05) is 32.7 Å². The van der Waals surface area contributed by atoms with Crippen molar-refractivity contribution in [3.8, 4) is 0 Å². The van der Waals surface area contributed by atoms with Crippen LogP contribution >= 0.6 is 48.0 Å². The summed E-state index contributed by atoms with van der Waals surface area (Å²) in [5.74, 6) is -1.78. The van der Waals surface area contributed by atoms with E-state index in [9.17, 15) is 35.9 Å². The number of ketones is 2. The van der Waals surface area contributed by atoms with Gasteiger partial charge in [0, 0.05) is 31.2 Å². The van der Waals surface area contributed by atoms with Gasteiger partial charge < -0.3 is 22.0 Å². The molecule has 8 nitrogen and oxygen atoms in total. The van der Waals surface area contributed by atoms with E-state index in [1.807, 2.05) is 35.2 Å². The number of hydrogen-bond donors (Lipinski definition) is 2. The number of nitrogens with zero attached hydrogens (tertiary/aromatic N) is 2. The van der Waals surface area contributed by atoms with Gasteiger partial charge in [-0.1, -0.05) is 59.6 Å². The normalized spacial score (nSPS) is 20.2. The van der Waals surface area contributed by atoms with Gasteiger partial charge in [0.25, 0.3) is 0 Å². The number of nitrogens with two attached hydrogens (primary N) is 1. The van der Waals surface area contributed by atoms with Crippen LogP contribution in [0.3, 0.4) is 0 Å². The van der Waals surface area contributed by atoms with Gasteiger partial charge in [0.1, 0.15) is 11.6 Å². The van der Waals surface area contributed by atoms with Gasteiger partial charge in [-0.25, -0.2) is 0 Å². The molecule has 7 N–H and O–H groups in total. The number of piperidine rings is 1. The van der Waals surface area contributed by atoms with Crippen LogP contribution in [0, 0.1) is 0 Å². The molecule has 2 fully saturated rings. The Morgan fingerprint density at radius 2 is 1.39 bits per heavy atom. The Hall–Kier alpha value is -2.50. The van der Waals surface area contributed by atoms with Crippen LogP contribution < -0.4 is 11.1 Å². The van der Waals surface area contributed by atoms with E-state index in [0.717, 1.165) is 5.56 Å². The van der Waals surface area contributed by atoms with Crippen LogP contribution in [0.4, 0.5) is 26.3 Å². The predicted molar refractivity (Wildman–Crippen MR) is 188 cm³/mol. The van der Waals surface area contributed by atoms with Gasteiger partial charge in [0.15, 0.2) is 11.6 Å². The molecule has 2 saturated heterocycles. The maximum atomic E-state index is 14.3. The SMILES string of the molecule is Cl.Cl.NCC(=O)C1(c2ccc(Cl)c(Cl)c2)C(C(=O)c2cc(C(F)(F)F)cc(C(F)(F)F)c2)NCCN1C1CCN(Cc2ccccc2)CC1.O.O. The minimum absolute atomic E-state index is 0. The summed E-state index contributed by atoms with van der Waals surface area (Å²) in [5.41, 5.74) is 1.24. The molecule has 51 heavy (non-hydrogen) atoms. The molecule has 0 spiro atoms. The van der Waals surface area contributed by atoms with Crippen molar-refractivity contribution in [1.29, 1.82) is 0 Å². The number of likely N-dealkylation sites (tertiary alicyclic amines) is 1. The zero-order chi connectivity index (χ0) is 34.1. The summed E-state index contributed by atoms with van der Waals surface area (Å²) in [6.07, 6.45) is -9.22. The third-order valence-electron chi connectivity index (χ3n) is 8.92. The molecule has 2 unspecified atom stereocenters. The summed E-state index contributed by atoms with van der Waals surface area (Å²) < 4.78 is 82.8. The van der Waals surface area contributed by atoms with Crippen LogP contribution in [0.5, 0.6) is 0 Å². The number of halogens is 10. The zero-order valence-electron chi connectivity index (χ0n) is 26.8. The average molecular weight is 810 g/mol. The first-order valence-corrected chi connectivity index (χ1v) is 15.7. The van der Waals surface area contributed by atoms with Crippen molar-refractivity contribution in [2.24, 2.45) is 5.73 Å². The number of piperazine rings is 1. The van der Waals surface area contributed by atoms with Crippen LogP contribution in [0.15, 0.2) is 66.7 Å². The van der Waals surface area contributed by atoms with E-state index in [1.54, 1.807) is 0 Å².